The molecule has 1 fully saturated rings. The fourth-order valence-corrected chi connectivity index (χ4v) is 3.13. The van der Waals surface area contributed by atoms with E-state index in [9.17, 15) is 9.59 Å². The second-order valence-electron chi connectivity index (χ2n) is 6.31. The maximum Gasteiger partial charge on any atom is 0.410 e. The van der Waals surface area contributed by atoms with Gasteiger partial charge in [0.2, 0.25) is 5.91 Å². The van der Waals surface area contributed by atoms with Gasteiger partial charge < -0.3 is 14.8 Å². The smallest absolute Gasteiger partial charge is 0.410 e. The summed E-state index contributed by atoms with van der Waals surface area (Å²) in [5.74, 6) is 0.390. The first-order valence-electron chi connectivity index (χ1n) is 9.19. The highest BCUT2D eigenvalue weighted by atomic mass is 16.6. The maximum absolute atomic E-state index is 12.7. The number of carbonyl (C=O) groups is 2. The molecule has 0 aliphatic carbocycles. The molecule has 2 aromatic rings. The van der Waals surface area contributed by atoms with Crippen molar-refractivity contribution >= 4 is 17.7 Å². The van der Waals surface area contributed by atoms with E-state index >= 15 is 0 Å². The highest BCUT2D eigenvalue weighted by molar-refractivity contribution is 5.97. The minimum absolute atomic E-state index is 0.192. The second-order valence-corrected chi connectivity index (χ2v) is 6.31. The summed E-state index contributed by atoms with van der Waals surface area (Å²) in [4.78, 5) is 26.7. The molecule has 1 unspecified atom stereocenters. The zero-order valence-corrected chi connectivity index (χ0v) is 15.4. The fourth-order valence-electron chi connectivity index (χ4n) is 3.13. The van der Waals surface area contributed by atoms with Crippen molar-refractivity contribution in [1.29, 1.82) is 0 Å². The lowest BCUT2D eigenvalue weighted by molar-refractivity contribution is -0.120. The minimum atomic E-state index is -0.539. The molecule has 1 N–H and O–H groups in total. The zero-order chi connectivity index (χ0) is 19.1. The standard InChI is InChI=1S/C21H24N2O4/c1-2-26-19-13-7-6-11-17(19)22-20(24)18-12-8-14-23(18)21(25)27-15-16-9-4-3-5-10-16/h3-7,9-11,13,18H,2,8,12,14-15H2,1H3,(H,22,24). The van der Waals surface area contributed by atoms with E-state index in [1.54, 1.807) is 12.1 Å². The Morgan fingerprint density at radius 3 is 2.63 bits per heavy atom. The van der Waals surface area contributed by atoms with Crippen molar-refractivity contribution in [2.24, 2.45) is 0 Å². The highest BCUT2D eigenvalue weighted by Crippen LogP contribution is 2.26. The van der Waals surface area contributed by atoms with Crippen LogP contribution >= 0.6 is 0 Å². The Labute approximate surface area is 159 Å². The molecule has 1 heterocycles. The Morgan fingerprint density at radius 1 is 1.11 bits per heavy atom. The average Bonchev–Trinajstić information content (AvgIpc) is 3.19. The summed E-state index contributed by atoms with van der Waals surface area (Å²) >= 11 is 0. The predicted octanol–water partition coefficient (Wildman–Crippen LogP) is 3.83. The Morgan fingerprint density at radius 2 is 1.85 bits per heavy atom. The third-order valence-electron chi connectivity index (χ3n) is 4.44. The molecule has 0 aromatic heterocycles. The van der Waals surface area contributed by atoms with Gasteiger partial charge in [0, 0.05) is 6.54 Å². The van der Waals surface area contributed by atoms with Crippen LogP contribution in [-0.2, 0) is 16.1 Å². The third-order valence-corrected chi connectivity index (χ3v) is 4.44. The monoisotopic (exact) mass is 368 g/mol. The molecule has 0 radical (unpaired) electrons. The summed E-state index contributed by atoms with van der Waals surface area (Å²) in [6, 6.07) is 16.2. The van der Waals surface area contributed by atoms with E-state index in [1.807, 2.05) is 49.4 Å². The number of para-hydroxylation sites is 2. The highest BCUT2D eigenvalue weighted by Gasteiger charge is 2.35. The molecule has 0 bridgehead atoms. The molecular weight excluding hydrogens is 344 g/mol. The second kappa shape index (κ2) is 9.07. The molecule has 0 saturated carbocycles. The van der Waals surface area contributed by atoms with Gasteiger partial charge in [0.25, 0.3) is 0 Å². The van der Waals surface area contributed by atoms with Crippen LogP contribution in [0.15, 0.2) is 54.6 Å². The number of nitrogens with zero attached hydrogens (tertiary/aromatic N) is 1. The molecular formula is C21H24N2O4. The summed E-state index contributed by atoms with van der Waals surface area (Å²) in [7, 11) is 0. The van der Waals surface area contributed by atoms with Gasteiger partial charge in [0.05, 0.1) is 12.3 Å². The van der Waals surface area contributed by atoms with E-state index in [2.05, 4.69) is 5.32 Å². The molecule has 6 nitrogen and oxygen atoms in total. The van der Waals surface area contributed by atoms with Crippen molar-refractivity contribution in [3.05, 3.63) is 60.2 Å². The van der Waals surface area contributed by atoms with Crippen LogP contribution in [0.25, 0.3) is 0 Å². The van der Waals surface area contributed by atoms with Gasteiger partial charge in [0.15, 0.2) is 0 Å². The van der Waals surface area contributed by atoms with Gasteiger partial charge in [0.1, 0.15) is 18.4 Å². The first-order valence-corrected chi connectivity index (χ1v) is 9.19. The van der Waals surface area contributed by atoms with Gasteiger partial charge >= 0.3 is 6.09 Å². The molecule has 3 rings (SSSR count). The van der Waals surface area contributed by atoms with Gasteiger partial charge in [-0.2, -0.15) is 0 Å². The minimum Gasteiger partial charge on any atom is -0.492 e. The lowest BCUT2D eigenvalue weighted by Gasteiger charge is -2.23. The lowest BCUT2D eigenvalue weighted by Crippen LogP contribution is -2.43. The molecule has 1 saturated heterocycles. The number of nitrogens with one attached hydrogen (secondary N) is 1. The van der Waals surface area contributed by atoms with Gasteiger partial charge in [-0.1, -0.05) is 42.5 Å². The summed E-state index contributed by atoms with van der Waals surface area (Å²) in [5.41, 5.74) is 1.52. The largest absolute Gasteiger partial charge is 0.492 e. The van der Waals surface area contributed by atoms with Crippen LogP contribution in [0.5, 0.6) is 5.75 Å². The number of amides is 2. The molecule has 0 spiro atoms. The Bertz CT molecular complexity index is 779. The van der Waals surface area contributed by atoms with Crippen LogP contribution in [0, 0.1) is 0 Å². The van der Waals surface area contributed by atoms with Gasteiger partial charge in [-0.25, -0.2) is 4.79 Å². The predicted molar refractivity (Wildman–Crippen MR) is 103 cm³/mol. The number of ether oxygens (including phenoxy) is 2. The molecule has 1 aliphatic rings. The van der Waals surface area contributed by atoms with Crippen molar-refractivity contribution in [2.45, 2.75) is 32.4 Å². The van der Waals surface area contributed by atoms with Crippen molar-refractivity contribution < 1.29 is 19.1 Å². The average molecular weight is 368 g/mol. The third kappa shape index (κ3) is 4.78. The molecule has 6 heteroatoms. The molecule has 2 aromatic carbocycles. The molecule has 1 atom stereocenters. The number of rotatable bonds is 6. The number of benzene rings is 2. The SMILES string of the molecule is CCOc1ccccc1NC(=O)C1CCCN1C(=O)OCc1ccccc1. The first kappa shape index (κ1) is 18.8. The summed E-state index contributed by atoms with van der Waals surface area (Å²) in [5, 5.41) is 2.88. The molecule has 142 valence electrons. The summed E-state index contributed by atoms with van der Waals surface area (Å²) in [6.45, 7) is 3.10. The van der Waals surface area contributed by atoms with Crippen LogP contribution < -0.4 is 10.1 Å². The molecule has 1 aliphatic heterocycles. The quantitative estimate of drug-likeness (QED) is 0.842. The summed E-state index contributed by atoms with van der Waals surface area (Å²) < 4.78 is 10.9. The van der Waals surface area contributed by atoms with E-state index in [-0.39, 0.29) is 12.5 Å². The Hall–Kier alpha value is -3.02. The Kier molecular flexibility index (Phi) is 6.30. The van der Waals surface area contributed by atoms with Crippen LogP contribution in [0.2, 0.25) is 0 Å². The lowest BCUT2D eigenvalue weighted by atomic mass is 10.2. The van der Waals surface area contributed by atoms with E-state index < -0.39 is 12.1 Å². The van der Waals surface area contributed by atoms with Crippen LogP contribution in [0.3, 0.4) is 0 Å². The van der Waals surface area contributed by atoms with E-state index in [1.165, 1.54) is 4.90 Å². The normalized spacial score (nSPS) is 16.0. The number of carbonyl (C=O) groups excluding carboxylic acids is 2. The summed E-state index contributed by atoms with van der Waals surface area (Å²) in [6.07, 6.45) is 0.920. The molecule has 27 heavy (non-hydrogen) atoms. The first-order chi connectivity index (χ1) is 13.2. The van der Waals surface area contributed by atoms with Gasteiger partial charge in [-0.15, -0.1) is 0 Å². The number of anilines is 1. The fraction of sp³-hybridized carbons (Fsp3) is 0.333. The van der Waals surface area contributed by atoms with Crippen LogP contribution in [-0.4, -0.2) is 36.1 Å². The van der Waals surface area contributed by atoms with Gasteiger partial charge in [-0.3, -0.25) is 9.69 Å². The van der Waals surface area contributed by atoms with Gasteiger partial charge in [-0.05, 0) is 37.5 Å². The Balaban J connectivity index is 1.61. The van der Waals surface area contributed by atoms with Crippen molar-refractivity contribution in [3.63, 3.8) is 0 Å². The van der Waals surface area contributed by atoms with E-state index in [0.717, 1.165) is 12.0 Å². The van der Waals surface area contributed by atoms with Crippen molar-refractivity contribution in [3.8, 4) is 5.75 Å². The number of likely N-dealkylation sites (tertiary alicyclic amines) is 1. The van der Waals surface area contributed by atoms with E-state index in [0.29, 0.717) is 31.0 Å². The van der Waals surface area contributed by atoms with Crippen molar-refractivity contribution in [2.75, 3.05) is 18.5 Å². The maximum atomic E-state index is 12.7. The van der Waals surface area contributed by atoms with Crippen LogP contribution in [0.4, 0.5) is 10.5 Å². The topological polar surface area (TPSA) is 67.9 Å². The van der Waals surface area contributed by atoms with Crippen molar-refractivity contribution in [1.82, 2.24) is 4.90 Å². The number of hydrogen-bond donors (Lipinski definition) is 1. The van der Waals surface area contributed by atoms with E-state index in [4.69, 9.17) is 9.47 Å². The van der Waals surface area contributed by atoms with Crippen LogP contribution in [0.1, 0.15) is 25.3 Å². The number of hydrogen-bond acceptors (Lipinski definition) is 4. The molecule has 2 amide bonds. The zero-order valence-electron chi connectivity index (χ0n) is 15.4.